The lowest BCUT2D eigenvalue weighted by Crippen LogP contribution is -2.23. The minimum atomic E-state index is -0.188. The van der Waals surface area contributed by atoms with Crippen LogP contribution in [0.15, 0.2) is 22.7 Å². The molecule has 0 aliphatic rings. The van der Waals surface area contributed by atoms with Gasteiger partial charge in [0.25, 0.3) is 0 Å². The van der Waals surface area contributed by atoms with Crippen LogP contribution in [0, 0.1) is 17.7 Å². The summed E-state index contributed by atoms with van der Waals surface area (Å²) >= 11 is 3.41. The van der Waals surface area contributed by atoms with Crippen molar-refractivity contribution >= 4 is 15.9 Å². The smallest absolute Gasteiger partial charge is 0.124 e. The van der Waals surface area contributed by atoms with E-state index in [1.165, 1.54) is 17.7 Å². The first-order valence-corrected chi connectivity index (χ1v) is 6.42. The molecule has 2 unspecified atom stereocenters. The van der Waals surface area contributed by atoms with Gasteiger partial charge >= 0.3 is 0 Å². The fourth-order valence-corrected chi connectivity index (χ4v) is 2.27. The standard InChI is InChI=1S/C13H19BrFN/c1-9(10(2)8-16-3)6-11-4-5-12(15)7-13(11)14/h4-5,7,9-10,16H,6,8H2,1-3H3. The summed E-state index contributed by atoms with van der Waals surface area (Å²) in [6.45, 7) is 5.48. The molecule has 0 heterocycles. The van der Waals surface area contributed by atoms with E-state index in [0.717, 1.165) is 17.4 Å². The fraction of sp³-hybridized carbons (Fsp3) is 0.538. The van der Waals surface area contributed by atoms with E-state index in [2.05, 4.69) is 35.1 Å². The molecule has 16 heavy (non-hydrogen) atoms. The lowest BCUT2D eigenvalue weighted by Gasteiger charge is -2.20. The van der Waals surface area contributed by atoms with Crippen molar-refractivity contribution in [3.63, 3.8) is 0 Å². The monoisotopic (exact) mass is 287 g/mol. The average Bonchev–Trinajstić information content (AvgIpc) is 2.22. The molecule has 0 fully saturated rings. The fourth-order valence-electron chi connectivity index (χ4n) is 1.76. The molecule has 0 radical (unpaired) electrons. The highest BCUT2D eigenvalue weighted by Gasteiger charge is 2.13. The first-order valence-electron chi connectivity index (χ1n) is 5.63. The lowest BCUT2D eigenvalue weighted by atomic mass is 9.89. The third kappa shape index (κ3) is 3.87. The molecule has 3 heteroatoms. The van der Waals surface area contributed by atoms with Crippen molar-refractivity contribution in [3.05, 3.63) is 34.1 Å². The Bertz CT molecular complexity index is 341. The Kier molecular flexibility index (Phi) is 5.42. The van der Waals surface area contributed by atoms with E-state index in [1.54, 1.807) is 0 Å². The van der Waals surface area contributed by atoms with Gasteiger partial charge < -0.3 is 5.32 Å². The van der Waals surface area contributed by atoms with Gasteiger partial charge in [0.05, 0.1) is 0 Å². The summed E-state index contributed by atoms with van der Waals surface area (Å²) < 4.78 is 13.8. The van der Waals surface area contributed by atoms with Crippen molar-refractivity contribution < 1.29 is 4.39 Å². The molecule has 0 aromatic heterocycles. The normalized spacial score (nSPS) is 14.8. The maximum absolute atomic E-state index is 12.9. The van der Waals surface area contributed by atoms with Crippen LogP contribution < -0.4 is 5.32 Å². The molecule has 0 amide bonds. The number of halogens is 2. The second-order valence-corrected chi connectivity index (χ2v) is 5.31. The zero-order valence-corrected chi connectivity index (χ0v) is 11.6. The van der Waals surface area contributed by atoms with E-state index in [9.17, 15) is 4.39 Å². The van der Waals surface area contributed by atoms with Gasteiger partial charge in [0.15, 0.2) is 0 Å². The molecule has 90 valence electrons. The van der Waals surface area contributed by atoms with Gasteiger partial charge in [-0.2, -0.15) is 0 Å². The van der Waals surface area contributed by atoms with Crippen LogP contribution in [0.25, 0.3) is 0 Å². The molecule has 1 aromatic carbocycles. The summed E-state index contributed by atoms with van der Waals surface area (Å²) in [7, 11) is 1.97. The summed E-state index contributed by atoms with van der Waals surface area (Å²) in [6.07, 6.45) is 0.976. The van der Waals surface area contributed by atoms with Crippen LogP contribution in [0.2, 0.25) is 0 Å². The molecule has 1 aromatic rings. The summed E-state index contributed by atoms with van der Waals surface area (Å²) in [5.41, 5.74) is 1.18. The minimum Gasteiger partial charge on any atom is -0.319 e. The van der Waals surface area contributed by atoms with Crippen LogP contribution in [0.5, 0.6) is 0 Å². The summed E-state index contributed by atoms with van der Waals surface area (Å²) in [5.74, 6) is 1.00. The largest absolute Gasteiger partial charge is 0.319 e. The van der Waals surface area contributed by atoms with Gasteiger partial charge in [-0.25, -0.2) is 4.39 Å². The average molecular weight is 288 g/mol. The number of rotatable bonds is 5. The zero-order valence-electron chi connectivity index (χ0n) is 10.1. The molecule has 1 rings (SSSR count). The molecular formula is C13H19BrFN. The lowest BCUT2D eigenvalue weighted by molar-refractivity contribution is 0.374. The summed E-state index contributed by atoms with van der Waals surface area (Å²) in [6, 6.07) is 4.92. The van der Waals surface area contributed by atoms with Crippen LogP contribution in [0.3, 0.4) is 0 Å². The quantitative estimate of drug-likeness (QED) is 0.872. The second-order valence-electron chi connectivity index (χ2n) is 4.45. The van der Waals surface area contributed by atoms with E-state index in [4.69, 9.17) is 0 Å². The maximum atomic E-state index is 12.9. The van der Waals surface area contributed by atoms with Crippen molar-refractivity contribution in [1.82, 2.24) is 5.32 Å². The molecule has 0 spiro atoms. The van der Waals surface area contributed by atoms with Crippen molar-refractivity contribution in [3.8, 4) is 0 Å². The predicted octanol–water partition coefficient (Wildman–Crippen LogP) is 3.62. The third-order valence-electron chi connectivity index (χ3n) is 3.05. The Hall–Kier alpha value is -0.410. The van der Waals surface area contributed by atoms with Crippen LogP contribution in [0.1, 0.15) is 19.4 Å². The summed E-state index contributed by atoms with van der Waals surface area (Å²) in [4.78, 5) is 0. The predicted molar refractivity (Wildman–Crippen MR) is 70.1 cm³/mol. The number of benzene rings is 1. The van der Waals surface area contributed by atoms with Gasteiger partial charge in [-0.3, -0.25) is 0 Å². The van der Waals surface area contributed by atoms with E-state index in [0.29, 0.717) is 11.8 Å². The van der Waals surface area contributed by atoms with Crippen LogP contribution in [-0.2, 0) is 6.42 Å². The zero-order chi connectivity index (χ0) is 12.1. The van der Waals surface area contributed by atoms with E-state index < -0.39 is 0 Å². The first-order chi connectivity index (χ1) is 7.54. The SMILES string of the molecule is CNCC(C)C(C)Cc1ccc(F)cc1Br. The molecular weight excluding hydrogens is 269 g/mol. The Labute approximate surface area is 106 Å². The van der Waals surface area contributed by atoms with Crippen LogP contribution >= 0.6 is 15.9 Å². The van der Waals surface area contributed by atoms with E-state index in [1.807, 2.05) is 13.1 Å². The maximum Gasteiger partial charge on any atom is 0.124 e. The van der Waals surface area contributed by atoms with E-state index >= 15 is 0 Å². The Morgan fingerprint density at radius 3 is 2.56 bits per heavy atom. The molecule has 0 saturated carbocycles. The Morgan fingerprint density at radius 2 is 2.00 bits per heavy atom. The third-order valence-corrected chi connectivity index (χ3v) is 3.79. The summed E-state index contributed by atoms with van der Waals surface area (Å²) in [5, 5.41) is 3.19. The first kappa shape index (κ1) is 13.7. The molecule has 0 aliphatic heterocycles. The number of nitrogens with one attached hydrogen (secondary N) is 1. The molecule has 1 N–H and O–H groups in total. The van der Waals surface area contributed by atoms with Gasteiger partial charge in [-0.05, 0) is 49.5 Å². The van der Waals surface area contributed by atoms with Gasteiger partial charge in [-0.15, -0.1) is 0 Å². The minimum absolute atomic E-state index is 0.188. The van der Waals surface area contributed by atoms with Crippen molar-refractivity contribution in [1.29, 1.82) is 0 Å². The number of hydrogen-bond acceptors (Lipinski definition) is 1. The topological polar surface area (TPSA) is 12.0 Å². The van der Waals surface area contributed by atoms with Gasteiger partial charge in [-0.1, -0.05) is 35.8 Å². The Morgan fingerprint density at radius 1 is 1.31 bits per heavy atom. The van der Waals surface area contributed by atoms with Crippen molar-refractivity contribution in [2.24, 2.45) is 11.8 Å². The van der Waals surface area contributed by atoms with Crippen molar-refractivity contribution in [2.45, 2.75) is 20.3 Å². The van der Waals surface area contributed by atoms with Crippen molar-refractivity contribution in [2.75, 3.05) is 13.6 Å². The molecule has 0 bridgehead atoms. The molecule has 0 saturated heterocycles. The van der Waals surface area contributed by atoms with Gasteiger partial charge in [0.1, 0.15) is 5.82 Å². The van der Waals surface area contributed by atoms with E-state index in [-0.39, 0.29) is 5.82 Å². The molecule has 2 atom stereocenters. The number of hydrogen-bond donors (Lipinski definition) is 1. The highest BCUT2D eigenvalue weighted by Crippen LogP contribution is 2.23. The molecule has 1 nitrogen and oxygen atoms in total. The Balaban J connectivity index is 2.65. The van der Waals surface area contributed by atoms with Crippen LogP contribution in [0.4, 0.5) is 4.39 Å². The van der Waals surface area contributed by atoms with Crippen LogP contribution in [-0.4, -0.2) is 13.6 Å². The second kappa shape index (κ2) is 6.36. The highest BCUT2D eigenvalue weighted by molar-refractivity contribution is 9.10. The van der Waals surface area contributed by atoms with Gasteiger partial charge in [0.2, 0.25) is 0 Å². The highest BCUT2D eigenvalue weighted by atomic mass is 79.9. The molecule has 0 aliphatic carbocycles. The van der Waals surface area contributed by atoms with Gasteiger partial charge in [0, 0.05) is 4.47 Å².